The van der Waals surface area contributed by atoms with Gasteiger partial charge in [0, 0.05) is 30.3 Å². The van der Waals surface area contributed by atoms with Gasteiger partial charge in [0.1, 0.15) is 12.4 Å². The van der Waals surface area contributed by atoms with Gasteiger partial charge < -0.3 is 14.6 Å². The Labute approximate surface area is 259 Å². The van der Waals surface area contributed by atoms with Crippen LogP contribution in [-0.2, 0) is 19.4 Å². The molecule has 0 radical (unpaired) electrons. The maximum atomic E-state index is 12.8. The van der Waals surface area contributed by atoms with Crippen LogP contribution in [0.5, 0.6) is 5.75 Å². The molecule has 0 saturated heterocycles. The van der Waals surface area contributed by atoms with E-state index in [-0.39, 0.29) is 11.8 Å². The lowest BCUT2D eigenvalue weighted by Crippen LogP contribution is -2.30. The number of unbranched alkanes of at least 4 members (excludes halogenated alkanes) is 1. The predicted molar refractivity (Wildman–Crippen MR) is 179 cm³/mol. The van der Waals surface area contributed by atoms with E-state index in [0.29, 0.717) is 6.61 Å². The zero-order chi connectivity index (χ0) is 31.0. The lowest BCUT2D eigenvalue weighted by Gasteiger charge is -2.23. The molecule has 4 rings (SSSR count). The van der Waals surface area contributed by atoms with E-state index in [2.05, 4.69) is 73.2 Å². The van der Waals surface area contributed by atoms with Crippen LogP contribution in [0, 0.1) is 6.92 Å². The van der Waals surface area contributed by atoms with Gasteiger partial charge in [0.25, 0.3) is 5.91 Å². The van der Waals surface area contributed by atoms with Crippen molar-refractivity contribution in [3.63, 3.8) is 0 Å². The van der Waals surface area contributed by atoms with Crippen LogP contribution in [0.3, 0.4) is 0 Å². The van der Waals surface area contributed by atoms with E-state index in [1.54, 1.807) is 6.33 Å². The number of hydrogen-bond donors (Lipinski definition) is 1. The first-order valence-corrected chi connectivity index (χ1v) is 16.1. The van der Waals surface area contributed by atoms with E-state index >= 15 is 0 Å². The molecule has 43 heavy (non-hydrogen) atoms. The highest BCUT2D eigenvalue weighted by atomic mass is 16.5. The van der Waals surface area contributed by atoms with Gasteiger partial charge in [-0.25, -0.2) is 4.98 Å². The van der Waals surface area contributed by atoms with E-state index in [1.807, 2.05) is 56.0 Å². The van der Waals surface area contributed by atoms with Gasteiger partial charge in [0.05, 0.1) is 12.0 Å². The maximum absolute atomic E-state index is 12.8. The summed E-state index contributed by atoms with van der Waals surface area (Å²) < 4.78 is 6.21. The molecule has 0 aliphatic heterocycles. The van der Waals surface area contributed by atoms with Crippen molar-refractivity contribution in [1.82, 2.24) is 14.9 Å². The number of aromatic nitrogens is 2. The number of hydrogen-bond acceptors (Lipinski definition) is 3. The van der Waals surface area contributed by atoms with Crippen LogP contribution in [-0.4, -0.2) is 33.9 Å². The number of rotatable bonds is 14. The molecule has 1 amide bonds. The molecule has 0 saturated carbocycles. The number of ether oxygens (including phenoxy) is 1. The number of carbonyl (C=O) groups excluding carboxylic acids is 1. The molecule has 0 bridgehead atoms. The van der Waals surface area contributed by atoms with E-state index in [0.717, 1.165) is 62.9 Å². The zero-order valence-electron chi connectivity index (χ0n) is 27.2. The van der Waals surface area contributed by atoms with Gasteiger partial charge in [-0.15, -0.1) is 0 Å². The Morgan fingerprint density at radius 2 is 1.63 bits per heavy atom. The zero-order valence-corrected chi connectivity index (χ0v) is 27.2. The van der Waals surface area contributed by atoms with E-state index in [4.69, 9.17) is 4.74 Å². The lowest BCUT2D eigenvalue weighted by molar-refractivity contribution is 0.0773. The molecule has 3 aromatic carbocycles. The Kier molecular flexibility index (Phi) is 14.0. The van der Waals surface area contributed by atoms with Crippen LogP contribution in [0.25, 0.3) is 0 Å². The molecule has 5 nitrogen and oxygen atoms in total. The quantitative estimate of drug-likeness (QED) is 0.161. The van der Waals surface area contributed by atoms with Crippen LogP contribution in [0.15, 0.2) is 79.1 Å². The molecule has 1 atom stereocenters. The second kappa shape index (κ2) is 17.9. The molecule has 0 spiro atoms. The average Bonchev–Trinajstić information content (AvgIpc) is 3.47. The van der Waals surface area contributed by atoms with Crippen LogP contribution in [0.2, 0.25) is 0 Å². The van der Waals surface area contributed by atoms with Crippen molar-refractivity contribution in [2.45, 2.75) is 92.6 Å². The first-order chi connectivity index (χ1) is 20.9. The largest absolute Gasteiger partial charge is 0.489 e. The van der Waals surface area contributed by atoms with Gasteiger partial charge in [0.15, 0.2) is 0 Å². The smallest absolute Gasteiger partial charge is 0.253 e. The summed E-state index contributed by atoms with van der Waals surface area (Å²) in [5, 5.41) is 0. The highest BCUT2D eigenvalue weighted by molar-refractivity contribution is 5.94. The van der Waals surface area contributed by atoms with Crippen molar-refractivity contribution >= 4 is 5.91 Å². The van der Waals surface area contributed by atoms with Gasteiger partial charge in [-0.1, -0.05) is 88.6 Å². The van der Waals surface area contributed by atoms with Gasteiger partial charge in [-0.05, 0) is 86.6 Å². The minimum absolute atomic E-state index is 0.106. The minimum Gasteiger partial charge on any atom is -0.489 e. The Balaban J connectivity index is 0.000000546. The molecule has 1 aromatic heterocycles. The van der Waals surface area contributed by atoms with E-state index in [9.17, 15) is 4.79 Å². The van der Waals surface area contributed by atoms with Crippen molar-refractivity contribution in [3.8, 4) is 5.75 Å². The Morgan fingerprint density at radius 1 is 0.907 bits per heavy atom. The summed E-state index contributed by atoms with van der Waals surface area (Å²) in [6.07, 6.45) is 8.31. The van der Waals surface area contributed by atoms with Crippen LogP contribution in [0.4, 0.5) is 0 Å². The Bertz CT molecular complexity index is 1360. The van der Waals surface area contributed by atoms with E-state index < -0.39 is 0 Å². The maximum Gasteiger partial charge on any atom is 0.253 e. The fraction of sp³-hybridized carbons (Fsp3) is 0.421. The summed E-state index contributed by atoms with van der Waals surface area (Å²) in [6, 6.07) is 25.2. The molecule has 1 unspecified atom stereocenters. The van der Waals surface area contributed by atoms with Gasteiger partial charge >= 0.3 is 0 Å². The highest BCUT2D eigenvalue weighted by Gasteiger charge is 2.20. The first-order valence-electron chi connectivity index (χ1n) is 16.1. The highest BCUT2D eigenvalue weighted by Crippen LogP contribution is 2.35. The average molecular weight is 582 g/mol. The van der Waals surface area contributed by atoms with Crippen molar-refractivity contribution in [2.24, 2.45) is 0 Å². The van der Waals surface area contributed by atoms with Gasteiger partial charge in [-0.3, -0.25) is 4.79 Å². The number of H-pyrrole nitrogens is 1. The molecule has 0 aliphatic carbocycles. The summed E-state index contributed by atoms with van der Waals surface area (Å²) >= 11 is 0. The van der Waals surface area contributed by atoms with Crippen molar-refractivity contribution in [1.29, 1.82) is 0 Å². The van der Waals surface area contributed by atoms with Crippen LogP contribution in [0.1, 0.15) is 110 Å². The summed E-state index contributed by atoms with van der Waals surface area (Å²) in [6.45, 7) is 14.7. The van der Waals surface area contributed by atoms with E-state index in [1.165, 1.54) is 33.6 Å². The summed E-state index contributed by atoms with van der Waals surface area (Å²) in [5.41, 5.74) is 8.31. The van der Waals surface area contributed by atoms with Crippen molar-refractivity contribution in [3.05, 3.63) is 118 Å². The third-order valence-electron chi connectivity index (χ3n) is 7.99. The number of nitrogens with zero attached hydrogens (tertiary/aromatic N) is 2. The normalized spacial score (nSPS) is 11.4. The number of nitrogens with one attached hydrogen (secondary N) is 1. The first kappa shape index (κ1) is 33.6. The monoisotopic (exact) mass is 581 g/mol. The number of carbonyl (C=O) groups is 1. The predicted octanol–water partition coefficient (Wildman–Crippen LogP) is 9.30. The number of benzene rings is 3. The molecule has 1 N–H and O–H groups in total. The molecule has 0 fully saturated rings. The number of imidazole rings is 1. The number of aryl methyl sites for hydroxylation is 3. The molecular formula is C38H51N3O2. The van der Waals surface area contributed by atoms with Crippen molar-refractivity contribution in [2.75, 3.05) is 13.1 Å². The van der Waals surface area contributed by atoms with Gasteiger partial charge in [-0.2, -0.15) is 0 Å². The number of amides is 1. The molecule has 1 heterocycles. The molecule has 230 valence electrons. The summed E-state index contributed by atoms with van der Waals surface area (Å²) in [5.74, 6) is 1.31. The topological polar surface area (TPSA) is 58.2 Å². The standard InChI is InChI=1S/C32H41NO2.C6H10N2/c1-5-9-16-30(27-17-19-28(20-18-27)32(34)33(7-3)8-4)31-23-29(22-21-26(31)13-6-2)35-24-25-14-11-10-12-15-25;1-3-6-5(2)7-4-8-6/h10-12,14-15,17-23,30H,5-9,13,16,24H2,1-4H3;4H,3H2,1-2H3,(H,7,8). The Morgan fingerprint density at radius 3 is 2.19 bits per heavy atom. The van der Waals surface area contributed by atoms with Crippen LogP contribution < -0.4 is 4.74 Å². The minimum atomic E-state index is 0.106. The second-order valence-corrected chi connectivity index (χ2v) is 11.0. The number of aromatic amines is 1. The van der Waals surface area contributed by atoms with Gasteiger partial charge in [0.2, 0.25) is 0 Å². The SMILES string of the molecule is CCCCC(c1ccc(C(=O)N(CC)CC)cc1)c1cc(OCc2ccccc2)ccc1CCC.CCc1nc[nH]c1C. The fourth-order valence-electron chi connectivity index (χ4n) is 5.43. The third kappa shape index (κ3) is 9.84. The summed E-state index contributed by atoms with van der Waals surface area (Å²) in [4.78, 5) is 21.8. The lowest BCUT2D eigenvalue weighted by atomic mass is 9.83. The fourth-order valence-corrected chi connectivity index (χ4v) is 5.43. The Hall–Kier alpha value is -3.86. The second-order valence-electron chi connectivity index (χ2n) is 11.0. The molecule has 0 aliphatic rings. The molecule has 5 heteroatoms. The molecular weight excluding hydrogens is 530 g/mol. The third-order valence-corrected chi connectivity index (χ3v) is 7.99. The van der Waals surface area contributed by atoms with Crippen LogP contribution >= 0.6 is 0 Å². The van der Waals surface area contributed by atoms with Crippen molar-refractivity contribution < 1.29 is 9.53 Å². The molecule has 4 aromatic rings. The summed E-state index contributed by atoms with van der Waals surface area (Å²) in [7, 11) is 0.